The fourth-order valence-corrected chi connectivity index (χ4v) is 1.34. The third-order valence-electron chi connectivity index (χ3n) is 2.09. The number of methoxy groups -OCH3 is 1. The van der Waals surface area contributed by atoms with Gasteiger partial charge in [-0.05, 0) is 12.8 Å². The first kappa shape index (κ1) is 8.97. The average molecular weight is 168 g/mol. The van der Waals surface area contributed by atoms with Crippen molar-refractivity contribution in [2.75, 3.05) is 7.11 Å². The Bertz CT molecular complexity index is 222. The number of rotatable bonds is 1. The molecule has 0 spiro atoms. The van der Waals surface area contributed by atoms with Crippen molar-refractivity contribution in [2.24, 2.45) is 5.92 Å². The van der Waals surface area contributed by atoms with Crippen molar-refractivity contribution in [3.63, 3.8) is 0 Å². The van der Waals surface area contributed by atoms with E-state index in [1.165, 1.54) is 7.11 Å². The lowest BCUT2D eigenvalue weighted by molar-refractivity contribution is -0.149. The van der Waals surface area contributed by atoms with Crippen LogP contribution in [0.4, 0.5) is 0 Å². The molecule has 0 N–H and O–H groups in total. The maximum absolute atomic E-state index is 11.2. The molecule has 1 saturated carbocycles. The van der Waals surface area contributed by atoms with Crippen molar-refractivity contribution in [2.45, 2.75) is 19.3 Å². The second-order valence-corrected chi connectivity index (χ2v) is 3.00. The Kier molecular flexibility index (Phi) is 2.63. The first-order valence-electron chi connectivity index (χ1n) is 3.92. The minimum Gasteiger partial charge on any atom is -0.468 e. The van der Waals surface area contributed by atoms with E-state index in [1.54, 1.807) is 0 Å². The maximum atomic E-state index is 11.2. The SMILES string of the molecule is C=C1CCC(=O)C(C(=O)OC)C1. The van der Waals surface area contributed by atoms with E-state index in [4.69, 9.17) is 0 Å². The monoisotopic (exact) mass is 168 g/mol. The highest BCUT2D eigenvalue weighted by molar-refractivity contribution is 6.00. The van der Waals surface area contributed by atoms with E-state index in [0.29, 0.717) is 19.3 Å². The number of hydrogen-bond donors (Lipinski definition) is 0. The normalized spacial score (nSPS) is 23.9. The Morgan fingerprint density at radius 2 is 2.25 bits per heavy atom. The second kappa shape index (κ2) is 3.52. The summed E-state index contributed by atoms with van der Waals surface area (Å²) in [5.41, 5.74) is 0.963. The molecule has 1 atom stereocenters. The van der Waals surface area contributed by atoms with Crippen LogP contribution in [0.1, 0.15) is 19.3 Å². The zero-order valence-electron chi connectivity index (χ0n) is 7.13. The number of ketones is 1. The van der Waals surface area contributed by atoms with Gasteiger partial charge in [0.15, 0.2) is 0 Å². The number of carbonyl (C=O) groups excluding carboxylic acids is 2. The molecule has 0 aromatic rings. The van der Waals surface area contributed by atoms with E-state index < -0.39 is 11.9 Å². The van der Waals surface area contributed by atoms with E-state index >= 15 is 0 Å². The maximum Gasteiger partial charge on any atom is 0.316 e. The number of Topliss-reactive ketones (excluding diaryl/α,β-unsaturated/α-hetero) is 1. The van der Waals surface area contributed by atoms with Gasteiger partial charge in [0.25, 0.3) is 0 Å². The summed E-state index contributed by atoms with van der Waals surface area (Å²) in [5, 5.41) is 0. The molecule has 1 aliphatic rings. The van der Waals surface area contributed by atoms with E-state index in [-0.39, 0.29) is 5.78 Å². The molecule has 1 unspecified atom stereocenters. The summed E-state index contributed by atoms with van der Waals surface area (Å²) in [5.74, 6) is -1.04. The Morgan fingerprint density at radius 1 is 1.58 bits per heavy atom. The van der Waals surface area contributed by atoms with Gasteiger partial charge in [0.2, 0.25) is 0 Å². The van der Waals surface area contributed by atoms with Gasteiger partial charge in [-0.15, -0.1) is 0 Å². The number of ether oxygens (including phenoxy) is 1. The summed E-state index contributed by atoms with van der Waals surface area (Å²) in [7, 11) is 1.30. The Labute approximate surface area is 71.4 Å². The Morgan fingerprint density at radius 3 is 2.83 bits per heavy atom. The molecule has 0 bridgehead atoms. The third-order valence-corrected chi connectivity index (χ3v) is 2.09. The highest BCUT2D eigenvalue weighted by Gasteiger charge is 2.30. The van der Waals surface area contributed by atoms with Crippen LogP contribution in [0.15, 0.2) is 12.2 Å². The first-order chi connectivity index (χ1) is 5.65. The molecule has 0 radical (unpaired) electrons. The summed E-state index contributed by atoms with van der Waals surface area (Å²) >= 11 is 0. The molecule has 0 heterocycles. The highest BCUT2D eigenvalue weighted by atomic mass is 16.5. The lowest BCUT2D eigenvalue weighted by Crippen LogP contribution is -2.28. The minimum atomic E-state index is -0.587. The molecular formula is C9H12O3. The second-order valence-electron chi connectivity index (χ2n) is 3.00. The topological polar surface area (TPSA) is 43.4 Å². The van der Waals surface area contributed by atoms with Gasteiger partial charge >= 0.3 is 5.97 Å². The number of hydrogen-bond acceptors (Lipinski definition) is 3. The average Bonchev–Trinajstić information content (AvgIpc) is 2.08. The van der Waals surface area contributed by atoms with Crippen LogP contribution in [0.3, 0.4) is 0 Å². The zero-order valence-corrected chi connectivity index (χ0v) is 7.13. The summed E-state index contributed by atoms with van der Waals surface area (Å²) in [6.07, 6.45) is 1.61. The molecule has 0 aliphatic heterocycles. The van der Waals surface area contributed by atoms with Gasteiger partial charge in [0.05, 0.1) is 7.11 Å². The number of allylic oxidation sites excluding steroid dienone is 1. The van der Waals surface area contributed by atoms with E-state index in [1.807, 2.05) is 0 Å². The zero-order chi connectivity index (χ0) is 9.14. The fraction of sp³-hybridized carbons (Fsp3) is 0.556. The number of carbonyl (C=O) groups is 2. The van der Waals surface area contributed by atoms with Crippen LogP contribution in [0.2, 0.25) is 0 Å². The van der Waals surface area contributed by atoms with E-state index in [9.17, 15) is 9.59 Å². The minimum absolute atomic E-state index is 0.0192. The quantitative estimate of drug-likeness (QED) is 0.334. The molecule has 3 heteroatoms. The molecule has 1 rings (SSSR count). The summed E-state index contributed by atoms with van der Waals surface area (Å²) in [6.45, 7) is 3.76. The highest BCUT2D eigenvalue weighted by Crippen LogP contribution is 2.25. The van der Waals surface area contributed by atoms with E-state index in [2.05, 4.69) is 11.3 Å². The van der Waals surface area contributed by atoms with Gasteiger partial charge in [-0.25, -0.2) is 0 Å². The molecule has 0 saturated heterocycles. The van der Waals surface area contributed by atoms with Crippen molar-refractivity contribution in [3.8, 4) is 0 Å². The molecule has 0 aromatic carbocycles. The van der Waals surface area contributed by atoms with Crippen LogP contribution >= 0.6 is 0 Å². The molecule has 66 valence electrons. The molecule has 1 fully saturated rings. The van der Waals surface area contributed by atoms with Crippen LogP contribution in [0, 0.1) is 5.92 Å². The van der Waals surface area contributed by atoms with Crippen LogP contribution < -0.4 is 0 Å². The first-order valence-corrected chi connectivity index (χ1v) is 3.92. The Balaban J connectivity index is 2.67. The van der Waals surface area contributed by atoms with Gasteiger partial charge < -0.3 is 4.74 Å². The standard InChI is InChI=1S/C9H12O3/c1-6-3-4-8(10)7(5-6)9(11)12-2/h7H,1,3-5H2,2H3. The fourth-order valence-electron chi connectivity index (χ4n) is 1.34. The molecule has 3 nitrogen and oxygen atoms in total. The largest absolute Gasteiger partial charge is 0.468 e. The van der Waals surface area contributed by atoms with Crippen molar-refractivity contribution < 1.29 is 14.3 Å². The van der Waals surface area contributed by atoms with Crippen molar-refractivity contribution in [1.29, 1.82) is 0 Å². The van der Waals surface area contributed by atoms with Gasteiger partial charge in [-0.3, -0.25) is 9.59 Å². The van der Waals surface area contributed by atoms with Gasteiger partial charge in [-0.2, -0.15) is 0 Å². The molecule has 12 heavy (non-hydrogen) atoms. The van der Waals surface area contributed by atoms with E-state index in [0.717, 1.165) is 5.57 Å². The summed E-state index contributed by atoms with van der Waals surface area (Å²) in [6, 6.07) is 0. The lowest BCUT2D eigenvalue weighted by atomic mass is 9.85. The lowest BCUT2D eigenvalue weighted by Gasteiger charge is -2.19. The van der Waals surface area contributed by atoms with Gasteiger partial charge in [0.1, 0.15) is 11.7 Å². The molecule has 1 aliphatic carbocycles. The molecule has 0 aromatic heterocycles. The summed E-state index contributed by atoms with van der Waals surface area (Å²) in [4.78, 5) is 22.2. The molecule has 0 amide bonds. The summed E-state index contributed by atoms with van der Waals surface area (Å²) < 4.78 is 4.51. The molecular weight excluding hydrogens is 156 g/mol. The van der Waals surface area contributed by atoms with Crippen molar-refractivity contribution in [1.82, 2.24) is 0 Å². The van der Waals surface area contributed by atoms with Crippen LogP contribution in [0.5, 0.6) is 0 Å². The van der Waals surface area contributed by atoms with Crippen LogP contribution in [-0.2, 0) is 14.3 Å². The van der Waals surface area contributed by atoms with Crippen molar-refractivity contribution >= 4 is 11.8 Å². The van der Waals surface area contributed by atoms with Gasteiger partial charge in [0, 0.05) is 6.42 Å². The van der Waals surface area contributed by atoms with Crippen LogP contribution in [-0.4, -0.2) is 18.9 Å². The smallest absolute Gasteiger partial charge is 0.316 e. The van der Waals surface area contributed by atoms with Crippen LogP contribution in [0.25, 0.3) is 0 Å². The Hall–Kier alpha value is -1.12. The predicted octanol–water partition coefficient (Wildman–Crippen LogP) is 1.08. The number of esters is 1. The van der Waals surface area contributed by atoms with Gasteiger partial charge in [-0.1, -0.05) is 12.2 Å². The van der Waals surface area contributed by atoms with Crippen molar-refractivity contribution in [3.05, 3.63) is 12.2 Å². The third kappa shape index (κ3) is 1.72. The predicted molar refractivity (Wildman–Crippen MR) is 43.5 cm³/mol.